The van der Waals surface area contributed by atoms with Crippen LogP contribution in [0.25, 0.3) is 5.57 Å². The summed E-state index contributed by atoms with van der Waals surface area (Å²) in [6.45, 7) is 11.4. The molecule has 104 valence electrons. The molecule has 3 nitrogen and oxygen atoms in total. The average molecular weight is 279 g/mol. The summed E-state index contributed by atoms with van der Waals surface area (Å²) in [4.78, 5) is 12.4. The molecule has 0 atom stereocenters. The van der Waals surface area contributed by atoms with Crippen LogP contribution in [0, 0.1) is 6.92 Å². The fourth-order valence-corrected chi connectivity index (χ4v) is 2.29. The van der Waals surface area contributed by atoms with E-state index in [1.807, 2.05) is 45.9 Å². The van der Waals surface area contributed by atoms with Crippen LogP contribution in [0.2, 0.25) is 0 Å². The van der Waals surface area contributed by atoms with Gasteiger partial charge in [0, 0.05) is 5.56 Å². The predicted octanol–water partition coefficient (Wildman–Crippen LogP) is 4.41. The molecule has 1 aromatic rings. The Morgan fingerprint density at radius 3 is 2.53 bits per heavy atom. The van der Waals surface area contributed by atoms with Crippen molar-refractivity contribution in [3.05, 3.63) is 47.0 Å². The number of allylic oxidation sites excluding steroid dienone is 5. The van der Waals surface area contributed by atoms with Gasteiger partial charge >= 0.3 is 5.97 Å². The summed E-state index contributed by atoms with van der Waals surface area (Å²) < 4.78 is 8.81. The van der Waals surface area contributed by atoms with Gasteiger partial charge in [-0.25, -0.2) is 4.79 Å². The second-order valence-corrected chi connectivity index (χ2v) is 4.09. The van der Waals surface area contributed by atoms with Gasteiger partial charge in [0.2, 0.25) is 0 Å². The highest BCUT2D eigenvalue weighted by molar-refractivity contribution is 7.07. The van der Waals surface area contributed by atoms with E-state index in [9.17, 15) is 4.79 Å². The lowest BCUT2D eigenvalue weighted by Crippen LogP contribution is -2.03. The standard InChI is InChI=1S/C13H15NO2S.C2H6/c1-5-7-8-10(6-2)12-9(3)11(14-17-12)13(15)16-4;1-2/h5-8H,1H2,2-4H3;1-2H3/b8-7-,10-6+;. The Balaban J connectivity index is 0.00000154. The van der Waals surface area contributed by atoms with Crippen molar-refractivity contribution in [2.45, 2.75) is 27.7 Å². The molecule has 4 heteroatoms. The van der Waals surface area contributed by atoms with Gasteiger partial charge in [-0.3, -0.25) is 0 Å². The van der Waals surface area contributed by atoms with Crippen molar-refractivity contribution in [2.24, 2.45) is 0 Å². The van der Waals surface area contributed by atoms with Crippen LogP contribution in [-0.4, -0.2) is 17.5 Å². The summed E-state index contributed by atoms with van der Waals surface area (Å²) >= 11 is 1.30. The van der Waals surface area contributed by atoms with Crippen molar-refractivity contribution in [3.8, 4) is 0 Å². The van der Waals surface area contributed by atoms with E-state index in [0.29, 0.717) is 5.69 Å². The van der Waals surface area contributed by atoms with E-state index >= 15 is 0 Å². The normalized spacial score (nSPS) is 10.9. The first-order valence-electron chi connectivity index (χ1n) is 6.16. The molecule has 0 bridgehead atoms. The topological polar surface area (TPSA) is 39.2 Å². The number of nitrogens with zero attached hydrogens (tertiary/aromatic N) is 1. The number of carbonyl (C=O) groups is 1. The molecule has 1 rings (SSSR count). The Morgan fingerprint density at radius 2 is 2.05 bits per heavy atom. The number of esters is 1. The molecule has 0 aliphatic rings. The van der Waals surface area contributed by atoms with Crippen LogP contribution < -0.4 is 0 Å². The van der Waals surface area contributed by atoms with Crippen LogP contribution in [0.3, 0.4) is 0 Å². The van der Waals surface area contributed by atoms with Crippen molar-refractivity contribution in [3.63, 3.8) is 0 Å². The maximum atomic E-state index is 11.4. The molecule has 19 heavy (non-hydrogen) atoms. The van der Waals surface area contributed by atoms with Crippen molar-refractivity contribution in [1.29, 1.82) is 0 Å². The van der Waals surface area contributed by atoms with Crippen LogP contribution in [0.1, 0.15) is 41.7 Å². The SMILES string of the molecule is C=C/C=C\C(=C/C)c1snc(C(=O)OC)c1C.CC. The maximum absolute atomic E-state index is 11.4. The van der Waals surface area contributed by atoms with Crippen molar-refractivity contribution in [2.75, 3.05) is 7.11 Å². The summed E-state index contributed by atoms with van der Waals surface area (Å²) in [5.74, 6) is -0.395. The summed E-state index contributed by atoms with van der Waals surface area (Å²) in [5, 5.41) is 0. The molecule has 0 unspecified atom stereocenters. The summed E-state index contributed by atoms with van der Waals surface area (Å²) in [5.41, 5.74) is 2.26. The fraction of sp³-hybridized carbons (Fsp3) is 0.333. The van der Waals surface area contributed by atoms with E-state index in [1.54, 1.807) is 6.08 Å². The second kappa shape index (κ2) is 9.28. The van der Waals surface area contributed by atoms with Crippen molar-refractivity contribution < 1.29 is 9.53 Å². The lowest BCUT2D eigenvalue weighted by atomic mass is 10.1. The van der Waals surface area contributed by atoms with Gasteiger partial charge < -0.3 is 4.74 Å². The van der Waals surface area contributed by atoms with Crippen LogP contribution in [0.5, 0.6) is 0 Å². The molecule has 0 radical (unpaired) electrons. The van der Waals surface area contributed by atoms with Gasteiger partial charge in [0.05, 0.1) is 12.0 Å². The van der Waals surface area contributed by atoms with Gasteiger partial charge in [0.15, 0.2) is 5.69 Å². The molecule has 0 saturated carbocycles. The number of aromatic nitrogens is 1. The lowest BCUT2D eigenvalue weighted by Gasteiger charge is -2.00. The first kappa shape index (κ1) is 17.3. The molecule has 0 spiro atoms. The largest absolute Gasteiger partial charge is 0.464 e. The highest BCUT2D eigenvalue weighted by atomic mass is 32.1. The first-order chi connectivity index (χ1) is 9.15. The number of methoxy groups -OCH3 is 1. The highest BCUT2D eigenvalue weighted by Crippen LogP contribution is 2.27. The maximum Gasteiger partial charge on any atom is 0.358 e. The van der Waals surface area contributed by atoms with Gasteiger partial charge in [-0.1, -0.05) is 44.7 Å². The molecular formula is C15H21NO2S. The zero-order chi connectivity index (χ0) is 14.8. The van der Waals surface area contributed by atoms with Gasteiger partial charge in [-0.15, -0.1) is 0 Å². The van der Waals surface area contributed by atoms with E-state index in [4.69, 9.17) is 0 Å². The summed E-state index contributed by atoms with van der Waals surface area (Å²) in [6, 6.07) is 0. The van der Waals surface area contributed by atoms with E-state index in [-0.39, 0.29) is 0 Å². The molecule has 0 fully saturated rings. The third kappa shape index (κ3) is 4.48. The Labute approximate surface area is 119 Å². The highest BCUT2D eigenvalue weighted by Gasteiger charge is 2.17. The molecule has 1 heterocycles. The zero-order valence-corrected chi connectivity index (χ0v) is 13.0. The monoisotopic (exact) mass is 279 g/mol. The number of rotatable bonds is 4. The molecule has 0 aromatic carbocycles. The molecule has 0 amide bonds. The van der Waals surface area contributed by atoms with Gasteiger partial charge in [0.1, 0.15) is 0 Å². The smallest absolute Gasteiger partial charge is 0.358 e. The van der Waals surface area contributed by atoms with E-state index < -0.39 is 5.97 Å². The number of ether oxygens (including phenoxy) is 1. The molecule has 1 aromatic heterocycles. The summed E-state index contributed by atoms with van der Waals surface area (Å²) in [6.07, 6.45) is 7.48. The second-order valence-electron chi connectivity index (χ2n) is 3.32. The van der Waals surface area contributed by atoms with Crippen LogP contribution >= 0.6 is 11.5 Å². The lowest BCUT2D eigenvalue weighted by molar-refractivity contribution is 0.0594. The minimum Gasteiger partial charge on any atom is -0.464 e. The van der Waals surface area contributed by atoms with Crippen LogP contribution in [-0.2, 0) is 4.74 Å². The number of hydrogen-bond acceptors (Lipinski definition) is 4. The Bertz CT molecular complexity index is 484. The molecule has 0 saturated heterocycles. The Hall–Kier alpha value is -1.68. The molecular weight excluding hydrogens is 258 g/mol. The molecule has 0 aliphatic heterocycles. The van der Waals surface area contributed by atoms with E-state index in [1.165, 1.54) is 18.6 Å². The minimum absolute atomic E-state index is 0.388. The third-order valence-corrected chi connectivity index (χ3v) is 3.29. The zero-order valence-electron chi connectivity index (χ0n) is 12.2. The minimum atomic E-state index is -0.395. The predicted molar refractivity (Wildman–Crippen MR) is 82.5 cm³/mol. The Kier molecular flexibility index (Phi) is 8.46. The third-order valence-electron chi connectivity index (χ3n) is 2.29. The Morgan fingerprint density at radius 1 is 1.42 bits per heavy atom. The molecule has 0 aliphatic carbocycles. The average Bonchev–Trinajstić information content (AvgIpc) is 2.83. The number of carbonyl (C=O) groups excluding carboxylic acids is 1. The molecule has 0 N–H and O–H groups in total. The fourth-order valence-electron chi connectivity index (χ4n) is 1.37. The van der Waals surface area contributed by atoms with Crippen LogP contribution in [0.15, 0.2) is 30.9 Å². The van der Waals surface area contributed by atoms with Crippen molar-refractivity contribution in [1.82, 2.24) is 4.37 Å². The quantitative estimate of drug-likeness (QED) is 0.605. The van der Waals surface area contributed by atoms with Crippen LogP contribution in [0.4, 0.5) is 0 Å². The van der Waals surface area contributed by atoms with Crippen molar-refractivity contribution >= 4 is 23.1 Å². The van der Waals surface area contributed by atoms with Gasteiger partial charge in [0.25, 0.3) is 0 Å². The van der Waals surface area contributed by atoms with Gasteiger partial charge in [-0.05, 0) is 31.0 Å². The number of hydrogen-bond donors (Lipinski definition) is 0. The van der Waals surface area contributed by atoms with Gasteiger partial charge in [-0.2, -0.15) is 4.37 Å². The van der Waals surface area contributed by atoms with E-state index in [2.05, 4.69) is 15.7 Å². The first-order valence-corrected chi connectivity index (χ1v) is 6.93. The summed E-state index contributed by atoms with van der Waals surface area (Å²) in [7, 11) is 1.36. The van der Waals surface area contributed by atoms with E-state index in [0.717, 1.165) is 16.0 Å².